The minimum atomic E-state index is 0.584. The highest BCUT2D eigenvalue weighted by atomic mass is 16.3. The molecule has 0 saturated heterocycles. The van der Waals surface area contributed by atoms with E-state index in [-0.39, 0.29) is 0 Å². The fourth-order valence-corrected chi connectivity index (χ4v) is 7.43. The highest BCUT2D eigenvalue weighted by molar-refractivity contribution is 6.13. The average molecular weight is 692 g/mol. The van der Waals surface area contributed by atoms with Crippen LogP contribution in [0.3, 0.4) is 0 Å². The zero-order chi connectivity index (χ0) is 36.0. The first-order valence-electron chi connectivity index (χ1n) is 18.2. The summed E-state index contributed by atoms with van der Waals surface area (Å²) in [7, 11) is 0. The zero-order valence-electron chi connectivity index (χ0n) is 29.6. The van der Waals surface area contributed by atoms with E-state index in [1.54, 1.807) is 0 Å². The summed E-state index contributed by atoms with van der Waals surface area (Å²) >= 11 is 0. The van der Waals surface area contributed by atoms with Crippen molar-refractivity contribution in [3.8, 4) is 67.5 Å². The molecule has 2 aromatic heterocycles. The van der Waals surface area contributed by atoms with Gasteiger partial charge in [0.15, 0.2) is 17.5 Å². The third-order valence-electron chi connectivity index (χ3n) is 10.2. The minimum absolute atomic E-state index is 0.584. The number of hydrogen-bond donors (Lipinski definition) is 0. The number of benzene rings is 8. The van der Waals surface area contributed by atoms with Gasteiger partial charge in [0.1, 0.15) is 11.2 Å². The van der Waals surface area contributed by atoms with Gasteiger partial charge in [-0.15, -0.1) is 0 Å². The Hall–Kier alpha value is -7.17. The summed E-state index contributed by atoms with van der Waals surface area (Å²) in [6.45, 7) is 2.12. The van der Waals surface area contributed by atoms with Gasteiger partial charge in [-0.25, -0.2) is 15.0 Å². The van der Waals surface area contributed by atoms with Crippen LogP contribution in [0.1, 0.15) is 5.56 Å². The van der Waals surface area contributed by atoms with Crippen LogP contribution in [0.5, 0.6) is 0 Å². The maximum atomic E-state index is 6.55. The Labute approximate surface area is 313 Å². The van der Waals surface area contributed by atoms with E-state index >= 15 is 0 Å². The van der Waals surface area contributed by atoms with E-state index in [0.29, 0.717) is 17.5 Å². The first-order chi connectivity index (χ1) is 26.6. The highest BCUT2D eigenvalue weighted by Gasteiger charge is 2.17. The van der Waals surface area contributed by atoms with Crippen LogP contribution in [0.4, 0.5) is 0 Å². The molecule has 0 bridgehead atoms. The molecule has 0 fully saturated rings. The van der Waals surface area contributed by atoms with Crippen molar-refractivity contribution in [2.75, 3.05) is 0 Å². The van der Waals surface area contributed by atoms with Gasteiger partial charge in [0.2, 0.25) is 0 Å². The molecule has 0 radical (unpaired) electrons. The predicted octanol–water partition coefficient (Wildman–Crippen LogP) is 13.2. The van der Waals surface area contributed by atoms with Gasteiger partial charge in [0, 0.05) is 27.5 Å². The third-order valence-corrected chi connectivity index (χ3v) is 10.2. The molecule has 0 unspecified atom stereocenters. The van der Waals surface area contributed by atoms with Crippen LogP contribution >= 0.6 is 0 Å². The maximum absolute atomic E-state index is 6.55. The average Bonchev–Trinajstić information content (AvgIpc) is 3.62. The standard InChI is InChI=1S/C50H33N3O/c1-32-10-7-15-37(28-32)39-16-8-17-41(30-39)49-51-48(36-23-20-35(21-24-36)33-11-3-2-4-12-33)52-50(53-49)42-26-27-44-46(31-42)54-45-19-9-18-43(47(44)45)40-25-22-34-13-5-6-14-38(34)29-40/h2-31H,1H3. The molecular formula is C50H33N3O. The summed E-state index contributed by atoms with van der Waals surface area (Å²) in [5.74, 6) is 1.80. The monoisotopic (exact) mass is 691 g/mol. The molecule has 4 heteroatoms. The fourth-order valence-electron chi connectivity index (χ4n) is 7.43. The molecule has 0 N–H and O–H groups in total. The van der Waals surface area contributed by atoms with Crippen molar-refractivity contribution in [2.24, 2.45) is 0 Å². The van der Waals surface area contributed by atoms with E-state index in [0.717, 1.165) is 72.0 Å². The molecule has 0 aliphatic heterocycles. The Morgan fingerprint density at radius 1 is 0.352 bits per heavy atom. The van der Waals surface area contributed by atoms with Gasteiger partial charge < -0.3 is 4.42 Å². The Morgan fingerprint density at radius 2 is 0.926 bits per heavy atom. The van der Waals surface area contributed by atoms with Crippen LogP contribution in [0.25, 0.3) is 100 Å². The lowest BCUT2D eigenvalue weighted by Crippen LogP contribution is -2.00. The third kappa shape index (κ3) is 5.80. The molecule has 0 amide bonds. The number of fused-ring (bicyclic) bond motifs is 4. The van der Waals surface area contributed by atoms with Crippen LogP contribution in [0.2, 0.25) is 0 Å². The zero-order valence-corrected chi connectivity index (χ0v) is 29.6. The van der Waals surface area contributed by atoms with Crippen LogP contribution in [0, 0.1) is 6.92 Å². The van der Waals surface area contributed by atoms with Gasteiger partial charge in [0.25, 0.3) is 0 Å². The van der Waals surface area contributed by atoms with Crippen molar-refractivity contribution >= 4 is 32.7 Å². The molecule has 0 aliphatic rings. The Bertz CT molecular complexity index is 3000. The topological polar surface area (TPSA) is 51.8 Å². The SMILES string of the molecule is Cc1cccc(-c2cccc(-c3nc(-c4ccc(-c5ccccc5)cc4)nc(-c4ccc5c(c4)oc4cccc(-c6ccc7ccccc7c6)c45)n3)c2)c1. The number of rotatable bonds is 6. The second-order valence-electron chi connectivity index (χ2n) is 13.8. The molecule has 10 rings (SSSR count). The lowest BCUT2D eigenvalue weighted by atomic mass is 9.97. The summed E-state index contributed by atoms with van der Waals surface area (Å²) in [6.07, 6.45) is 0. The van der Waals surface area contributed by atoms with Crippen LogP contribution < -0.4 is 0 Å². The normalized spacial score (nSPS) is 11.4. The summed E-state index contributed by atoms with van der Waals surface area (Å²) < 4.78 is 6.55. The highest BCUT2D eigenvalue weighted by Crippen LogP contribution is 2.39. The van der Waals surface area contributed by atoms with Crippen LogP contribution in [-0.4, -0.2) is 15.0 Å². The molecule has 254 valence electrons. The molecule has 10 aromatic rings. The van der Waals surface area contributed by atoms with Gasteiger partial charge in [-0.2, -0.15) is 0 Å². The van der Waals surface area contributed by atoms with E-state index < -0.39 is 0 Å². The molecule has 0 atom stereocenters. The maximum Gasteiger partial charge on any atom is 0.164 e. The second-order valence-corrected chi connectivity index (χ2v) is 13.8. The van der Waals surface area contributed by atoms with Gasteiger partial charge in [0.05, 0.1) is 0 Å². The van der Waals surface area contributed by atoms with E-state index in [4.69, 9.17) is 19.4 Å². The summed E-state index contributed by atoms with van der Waals surface area (Å²) in [5, 5.41) is 4.58. The van der Waals surface area contributed by atoms with Crippen molar-refractivity contribution < 1.29 is 4.42 Å². The molecule has 54 heavy (non-hydrogen) atoms. The molecule has 2 heterocycles. The molecular weight excluding hydrogens is 659 g/mol. The predicted molar refractivity (Wildman–Crippen MR) is 222 cm³/mol. The lowest BCUT2D eigenvalue weighted by Gasteiger charge is -2.10. The Morgan fingerprint density at radius 3 is 1.72 bits per heavy atom. The molecule has 0 spiro atoms. The van der Waals surface area contributed by atoms with Crippen molar-refractivity contribution in [3.05, 3.63) is 188 Å². The van der Waals surface area contributed by atoms with E-state index in [1.165, 1.54) is 16.3 Å². The van der Waals surface area contributed by atoms with Crippen LogP contribution in [0.15, 0.2) is 186 Å². The number of nitrogens with zero attached hydrogens (tertiary/aromatic N) is 3. The van der Waals surface area contributed by atoms with E-state index in [1.807, 2.05) is 12.1 Å². The number of aryl methyl sites for hydroxylation is 1. The summed E-state index contributed by atoms with van der Waals surface area (Å²) in [6, 6.07) is 63.5. The molecule has 8 aromatic carbocycles. The fraction of sp³-hybridized carbons (Fsp3) is 0.0200. The first kappa shape index (κ1) is 31.6. The van der Waals surface area contributed by atoms with Crippen molar-refractivity contribution in [1.82, 2.24) is 15.0 Å². The number of hydrogen-bond acceptors (Lipinski definition) is 4. The quantitative estimate of drug-likeness (QED) is 0.174. The van der Waals surface area contributed by atoms with Crippen LogP contribution in [-0.2, 0) is 0 Å². The van der Waals surface area contributed by atoms with E-state index in [2.05, 4.69) is 177 Å². The Kier molecular flexibility index (Phi) is 7.66. The smallest absolute Gasteiger partial charge is 0.164 e. The molecule has 4 nitrogen and oxygen atoms in total. The first-order valence-corrected chi connectivity index (χ1v) is 18.2. The molecule has 0 aliphatic carbocycles. The number of aromatic nitrogens is 3. The lowest BCUT2D eigenvalue weighted by molar-refractivity contribution is 0.669. The van der Waals surface area contributed by atoms with Gasteiger partial charge in [-0.05, 0) is 81.4 Å². The Balaban J connectivity index is 1.10. The van der Waals surface area contributed by atoms with Gasteiger partial charge in [-0.1, -0.05) is 157 Å². The van der Waals surface area contributed by atoms with Crippen molar-refractivity contribution in [2.45, 2.75) is 6.92 Å². The van der Waals surface area contributed by atoms with Crippen molar-refractivity contribution in [3.63, 3.8) is 0 Å². The van der Waals surface area contributed by atoms with E-state index in [9.17, 15) is 0 Å². The summed E-state index contributed by atoms with van der Waals surface area (Å²) in [4.78, 5) is 15.3. The summed E-state index contributed by atoms with van der Waals surface area (Å²) in [5.41, 5.74) is 12.4. The molecule has 0 saturated carbocycles. The van der Waals surface area contributed by atoms with Crippen molar-refractivity contribution in [1.29, 1.82) is 0 Å². The second kappa shape index (κ2) is 13.1. The van der Waals surface area contributed by atoms with Gasteiger partial charge >= 0.3 is 0 Å². The minimum Gasteiger partial charge on any atom is -0.456 e. The number of furan rings is 1. The largest absolute Gasteiger partial charge is 0.456 e. The van der Waals surface area contributed by atoms with Gasteiger partial charge in [-0.3, -0.25) is 0 Å².